The number of anilines is 1. The highest BCUT2D eigenvalue weighted by molar-refractivity contribution is 5.95. The highest BCUT2D eigenvalue weighted by Gasteiger charge is 2.27. The molecule has 6 heteroatoms. The summed E-state index contributed by atoms with van der Waals surface area (Å²) in [6.45, 7) is 5.81. The van der Waals surface area contributed by atoms with Gasteiger partial charge in [0.2, 0.25) is 5.91 Å². The Morgan fingerprint density at radius 3 is 2.55 bits per heavy atom. The number of benzene rings is 1. The van der Waals surface area contributed by atoms with E-state index in [2.05, 4.69) is 15.5 Å². The fraction of sp³-hybridized carbons (Fsp3) is 0.357. The van der Waals surface area contributed by atoms with E-state index in [-0.39, 0.29) is 11.3 Å². The number of aromatic nitrogens is 3. The van der Waals surface area contributed by atoms with Crippen molar-refractivity contribution in [3.8, 4) is 5.69 Å². The Bertz CT molecular complexity index is 586. The number of nitrogens with two attached hydrogens (primary N) is 1. The molecule has 1 aromatic heterocycles. The number of nitrogens with zero attached hydrogens (tertiary/aromatic N) is 3. The summed E-state index contributed by atoms with van der Waals surface area (Å²) in [5.74, 6) is -0.196. The maximum absolute atomic E-state index is 12.1. The van der Waals surface area contributed by atoms with Gasteiger partial charge in [0.1, 0.15) is 12.7 Å². The molecule has 20 heavy (non-hydrogen) atoms. The van der Waals surface area contributed by atoms with E-state index < -0.39 is 6.04 Å². The number of hydrogen-bond acceptors (Lipinski definition) is 4. The lowest BCUT2D eigenvalue weighted by molar-refractivity contribution is -0.119. The van der Waals surface area contributed by atoms with Crippen molar-refractivity contribution in [1.82, 2.24) is 14.8 Å². The van der Waals surface area contributed by atoms with E-state index in [9.17, 15) is 4.79 Å². The van der Waals surface area contributed by atoms with E-state index in [0.29, 0.717) is 5.69 Å². The van der Waals surface area contributed by atoms with Gasteiger partial charge in [-0.05, 0) is 23.6 Å². The van der Waals surface area contributed by atoms with Gasteiger partial charge in [-0.2, -0.15) is 0 Å². The monoisotopic (exact) mass is 273 g/mol. The van der Waals surface area contributed by atoms with Gasteiger partial charge in [-0.15, -0.1) is 10.2 Å². The van der Waals surface area contributed by atoms with Gasteiger partial charge >= 0.3 is 0 Å². The molecule has 1 aromatic carbocycles. The Hall–Kier alpha value is -2.21. The predicted octanol–water partition coefficient (Wildman–Crippen LogP) is 1.58. The van der Waals surface area contributed by atoms with E-state index in [1.165, 1.54) is 0 Å². The van der Waals surface area contributed by atoms with Crippen molar-refractivity contribution in [2.24, 2.45) is 11.1 Å². The van der Waals surface area contributed by atoms with Gasteiger partial charge in [-0.25, -0.2) is 0 Å². The third-order valence-corrected chi connectivity index (χ3v) is 3.05. The maximum atomic E-state index is 12.1. The second-order valence-corrected chi connectivity index (χ2v) is 5.75. The van der Waals surface area contributed by atoms with Crippen LogP contribution in [0.2, 0.25) is 0 Å². The normalized spacial score (nSPS) is 13.0. The minimum atomic E-state index is -0.568. The molecule has 0 aliphatic rings. The Balaban J connectivity index is 2.15. The van der Waals surface area contributed by atoms with Crippen molar-refractivity contribution >= 4 is 11.6 Å². The molecule has 0 saturated carbocycles. The smallest absolute Gasteiger partial charge is 0.241 e. The number of amides is 1. The van der Waals surface area contributed by atoms with Crippen LogP contribution in [0.15, 0.2) is 36.9 Å². The number of carbonyl (C=O) groups is 1. The Kier molecular flexibility index (Phi) is 3.85. The van der Waals surface area contributed by atoms with Crippen LogP contribution >= 0.6 is 0 Å². The first-order valence-electron chi connectivity index (χ1n) is 6.39. The highest BCUT2D eigenvalue weighted by atomic mass is 16.2. The molecule has 1 amide bonds. The van der Waals surface area contributed by atoms with E-state index >= 15 is 0 Å². The minimum absolute atomic E-state index is 0.196. The van der Waals surface area contributed by atoms with Crippen LogP contribution < -0.4 is 11.1 Å². The van der Waals surface area contributed by atoms with Crippen LogP contribution in [0.3, 0.4) is 0 Å². The lowest BCUT2D eigenvalue weighted by Crippen LogP contribution is -2.45. The number of hydrogen-bond donors (Lipinski definition) is 2. The van der Waals surface area contributed by atoms with E-state index in [1.54, 1.807) is 17.2 Å². The summed E-state index contributed by atoms with van der Waals surface area (Å²) in [7, 11) is 0. The van der Waals surface area contributed by atoms with Gasteiger partial charge in [0.15, 0.2) is 0 Å². The average molecular weight is 273 g/mol. The first-order valence-corrected chi connectivity index (χ1v) is 6.39. The number of carbonyl (C=O) groups excluding carboxylic acids is 1. The first-order chi connectivity index (χ1) is 9.38. The molecule has 1 heterocycles. The van der Waals surface area contributed by atoms with Gasteiger partial charge in [0.25, 0.3) is 0 Å². The average Bonchev–Trinajstić information content (AvgIpc) is 2.91. The molecular weight excluding hydrogens is 254 g/mol. The quantitative estimate of drug-likeness (QED) is 0.889. The van der Waals surface area contributed by atoms with Crippen molar-refractivity contribution in [3.63, 3.8) is 0 Å². The molecule has 2 rings (SSSR count). The highest BCUT2D eigenvalue weighted by Crippen LogP contribution is 2.20. The summed E-state index contributed by atoms with van der Waals surface area (Å²) in [4.78, 5) is 12.1. The van der Waals surface area contributed by atoms with Gasteiger partial charge in [-0.1, -0.05) is 26.8 Å². The van der Waals surface area contributed by atoms with Crippen LogP contribution in [-0.2, 0) is 4.79 Å². The van der Waals surface area contributed by atoms with Crippen LogP contribution in [0.1, 0.15) is 20.8 Å². The Morgan fingerprint density at radius 1 is 1.30 bits per heavy atom. The van der Waals surface area contributed by atoms with Crippen molar-refractivity contribution in [3.05, 3.63) is 36.9 Å². The fourth-order valence-electron chi connectivity index (χ4n) is 1.69. The SMILES string of the molecule is CC(C)(C)[C@H](N)C(=O)Nc1cccc(-n2cnnc2)c1. The summed E-state index contributed by atoms with van der Waals surface area (Å²) in [5, 5.41) is 10.3. The Morgan fingerprint density at radius 2 is 1.95 bits per heavy atom. The lowest BCUT2D eigenvalue weighted by atomic mass is 9.87. The molecule has 0 spiro atoms. The second kappa shape index (κ2) is 5.42. The van der Waals surface area contributed by atoms with E-state index in [4.69, 9.17) is 5.73 Å². The molecule has 0 fully saturated rings. The zero-order valence-corrected chi connectivity index (χ0v) is 11.9. The standard InChI is InChI=1S/C14H19N5O/c1-14(2,3)12(15)13(20)18-10-5-4-6-11(7-10)19-8-16-17-9-19/h4-9,12H,15H2,1-3H3,(H,18,20)/t12-/m1/s1. The van der Waals surface area contributed by atoms with Crippen LogP contribution in [0.4, 0.5) is 5.69 Å². The minimum Gasteiger partial charge on any atom is -0.325 e. The maximum Gasteiger partial charge on any atom is 0.241 e. The Labute approximate surface area is 118 Å². The van der Waals surface area contributed by atoms with E-state index in [1.807, 2.05) is 45.0 Å². The van der Waals surface area contributed by atoms with Gasteiger partial charge in [0.05, 0.1) is 11.7 Å². The largest absolute Gasteiger partial charge is 0.325 e. The lowest BCUT2D eigenvalue weighted by Gasteiger charge is -2.25. The summed E-state index contributed by atoms with van der Waals surface area (Å²) < 4.78 is 1.76. The van der Waals surface area contributed by atoms with Crippen LogP contribution in [0.25, 0.3) is 5.69 Å². The van der Waals surface area contributed by atoms with Crippen molar-refractivity contribution in [2.45, 2.75) is 26.8 Å². The van der Waals surface area contributed by atoms with Crippen LogP contribution in [0.5, 0.6) is 0 Å². The molecule has 2 aromatic rings. The van der Waals surface area contributed by atoms with Gasteiger partial charge in [-0.3, -0.25) is 9.36 Å². The molecule has 106 valence electrons. The van der Waals surface area contributed by atoms with Gasteiger partial charge < -0.3 is 11.1 Å². The topological polar surface area (TPSA) is 85.8 Å². The van der Waals surface area contributed by atoms with Crippen molar-refractivity contribution < 1.29 is 4.79 Å². The summed E-state index contributed by atoms with van der Waals surface area (Å²) in [6.07, 6.45) is 3.20. The summed E-state index contributed by atoms with van der Waals surface area (Å²) in [6, 6.07) is 6.86. The molecule has 1 atom stereocenters. The molecule has 3 N–H and O–H groups in total. The molecule has 0 unspecified atom stereocenters. The second-order valence-electron chi connectivity index (χ2n) is 5.75. The molecule has 0 saturated heterocycles. The molecule has 0 radical (unpaired) electrons. The van der Waals surface area contributed by atoms with Crippen molar-refractivity contribution in [2.75, 3.05) is 5.32 Å². The van der Waals surface area contributed by atoms with Gasteiger partial charge in [0, 0.05) is 5.69 Å². The number of rotatable bonds is 3. The molecular formula is C14H19N5O. The van der Waals surface area contributed by atoms with Crippen molar-refractivity contribution in [1.29, 1.82) is 0 Å². The summed E-state index contributed by atoms with van der Waals surface area (Å²) >= 11 is 0. The predicted molar refractivity (Wildman–Crippen MR) is 77.4 cm³/mol. The molecule has 0 bridgehead atoms. The molecule has 6 nitrogen and oxygen atoms in total. The zero-order valence-electron chi connectivity index (χ0n) is 11.9. The third-order valence-electron chi connectivity index (χ3n) is 3.05. The summed E-state index contributed by atoms with van der Waals surface area (Å²) in [5.41, 5.74) is 7.22. The van der Waals surface area contributed by atoms with Crippen LogP contribution in [0, 0.1) is 5.41 Å². The first kappa shape index (κ1) is 14.2. The number of nitrogens with one attached hydrogen (secondary N) is 1. The fourth-order valence-corrected chi connectivity index (χ4v) is 1.69. The van der Waals surface area contributed by atoms with Crippen LogP contribution in [-0.4, -0.2) is 26.7 Å². The van der Waals surface area contributed by atoms with E-state index in [0.717, 1.165) is 5.69 Å². The zero-order chi connectivity index (χ0) is 14.8. The third kappa shape index (κ3) is 3.21. The molecule has 0 aliphatic carbocycles. The molecule has 0 aliphatic heterocycles.